The van der Waals surface area contributed by atoms with Crippen LogP contribution in [0.15, 0.2) is 34.9 Å². The summed E-state index contributed by atoms with van der Waals surface area (Å²) >= 11 is 0. The Bertz CT molecular complexity index is 661. The van der Waals surface area contributed by atoms with Crippen LogP contribution < -0.4 is 5.32 Å². The summed E-state index contributed by atoms with van der Waals surface area (Å²) in [6.07, 6.45) is 0.586. The molecule has 6 nitrogen and oxygen atoms in total. The monoisotopic (exact) mass is 302 g/mol. The normalized spacial score (nSPS) is 11.8. The van der Waals surface area contributed by atoms with E-state index in [0.29, 0.717) is 17.8 Å². The first-order valence-electron chi connectivity index (χ1n) is 6.91. The van der Waals surface area contributed by atoms with Crippen LogP contribution in [-0.2, 0) is 16.0 Å². The van der Waals surface area contributed by atoms with Crippen molar-refractivity contribution in [3.05, 3.63) is 47.3 Å². The summed E-state index contributed by atoms with van der Waals surface area (Å²) in [6, 6.07) is 8.85. The highest BCUT2D eigenvalue weighted by Gasteiger charge is 2.14. The van der Waals surface area contributed by atoms with E-state index in [9.17, 15) is 9.59 Å². The molecule has 22 heavy (non-hydrogen) atoms. The van der Waals surface area contributed by atoms with Crippen LogP contribution in [0, 0.1) is 12.8 Å². The van der Waals surface area contributed by atoms with Gasteiger partial charge in [-0.3, -0.25) is 9.59 Å². The molecule has 1 unspecified atom stereocenters. The zero-order valence-electron chi connectivity index (χ0n) is 12.8. The Labute approximate surface area is 128 Å². The second-order valence-electron chi connectivity index (χ2n) is 5.11. The van der Waals surface area contributed by atoms with Gasteiger partial charge in [0.2, 0.25) is 5.76 Å². The molecule has 0 aliphatic heterocycles. The summed E-state index contributed by atoms with van der Waals surface area (Å²) < 4.78 is 9.60. The number of anilines is 1. The van der Waals surface area contributed by atoms with Gasteiger partial charge in [0, 0.05) is 11.8 Å². The summed E-state index contributed by atoms with van der Waals surface area (Å²) in [4.78, 5) is 23.3. The van der Waals surface area contributed by atoms with Gasteiger partial charge >= 0.3 is 5.97 Å². The van der Waals surface area contributed by atoms with Crippen LogP contribution in [0.4, 0.5) is 5.69 Å². The van der Waals surface area contributed by atoms with E-state index in [1.165, 1.54) is 7.11 Å². The molecule has 1 aromatic heterocycles. The average Bonchev–Trinajstić information content (AvgIpc) is 2.95. The van der Waals surface area contributed by atoms with Gasteiger partial charge in [0.15, 0.2) is 0 Å². The lowest BCUT2D eigenvalue weighted by Gasteiger charge is -2.09. The number of nitrogens with one attached hydrogen (secondary N) is 1. The van der Waals surface area contributed by atoms with Crippen LogP contribution in [0.5, 0.6) is 0 Å². The van der Waals surface area contributed by atoms with E-state index in [0.717, 1.165) is 5.56 Å². The number of methoxy groups -OCH3 is 1. The van der Waals surface area contributed by atoms with E-state index >= 15 is 0 Å². The fourth-order valence-electron chi connectivity index (χ4n) is 2.03. The van der Waals surface area contributed by atoms with E-state index in [-0.39, 0.29) is 23.6 Å². The average molecular weight is 302 g/mol. The SMILES string of the molecule is COC(=O)C(C)Cc1ccc(NC(=O)c2cc(C)no2)cc1. The van der Waals surface area contributed by atoms with Crippen molar-refractivity contribution in [2.24, 2.45) is 5.92 Å². The minimum atomic E-state index is -0.351. The topological polar surface area (TPSA) is 81.4 Å². The number of esters is 1. The maximum absolute atomic E-state index is 11.9. The molecular weight excluding hydrogens is 284 g/mol. The minimum absolute atomic E-state index is 0.167. The maximum atomic E-state index is 11.9. The second kappa shape index (κ2) is 6.89. The molecule has 0 saturated heterocycles. The van der Waals surface area contributed by atoms with E-state index < -0.39 is 0 Å². The maximum Gasteiger partial charge on any atom is 0.308 e. The van der Waals surface area contributed by atoms with Crippen molar-refractivity contribution in [1.82, 2.24) is 5.16 Å². The summed E-state index contributed by atoms with van der Waals surface area (Å²) in [7, 11) is 1.38. The Morgan fingerprint density at radius 2 is 2.00 bits per heavy atom. The van der Waals surface area contributed by atoms with E-state index in [4.69, 9.17) is 9.26 Å². The molecule has 0 saturated carbocycles. The molecule has 0 bridgehead atoms. The smallest absolute Gasteiger partial charge is 0.308 e. The van der Waals surface area contributed by atoms with Gasteiger partial charge in [-0.1, -0.05) is 24.2 Å². The number of carbonyl (C=O) groups is 2. The van der Waals surface area contributed by atoms with Crippen molar-refractivity contribution < 1.29 is 18.8 Å². The highest BCUT2D eigenvalue weighted by atomic mass is 16.5. The molecule has 0 aliphatic carbocycles. The van der Waals surface area contributed by atoms with Gasteiger partial charge in [-0.25, -0.2) is 0 Å². The van der Waals surface area contributed by atoms with Crippen molar-refractivity contribution in [2.45, 2.75) is 20.3 Å². The zero-order valence-corrected chi connectivity index (χ0v) is 12.8. The molecule has 0 radical (unpaired) electrons. The van der Waals surface area contributed by atoms with Crippen molar-refractivity contribution in [1.29, 1.82) is 0 Å². The Hall–Kier alpha value is -2.63. The number of hydrogen-bond acceptors (Lipinski definition) is 5. The first-order chi connectivity index (χ1) is 10.5. The summed E-state index contributed by atoms with van der Waals surface area (Å²) in [5.74, 6) is -0.627. The first kappa shape index (κ1) is 15.8. The van der Waals surface area contributed by atoms with E-state index in [1.54, 1.807) is 25.1 Å². The fraction of sp³-hybridized carbons (Fsp3) is 0.312. The standard InChI is InChI=1S/C16H18N2O4/c1-10(16(20)21-3)8-12-4-6-13(7-5-12)17-15(19)14-9-11(2)18-22-14/h4-7,9-10H,8H2,1-3H3,(H,17,19). The highest BCUT2D eigenvalue weighted by molar-refractivity contribution is 6.02. The number of rotatable bonds is 5. The van der Waals surface area contributed by atoms with Crippen LogP contribution in [0.1, 0.15) is 28.7 Å². The van der Waals surface area contributed by atoms with Gasteiger partial charge in [0.1, 0.15) is 0 Å². The minimum Gasteiger partial charge on any atom is -0.469 e. The third kappa shape index (κ3) is 3.94. The lowest BCUT2D eigenvalue weighted by molar-refractivity contribution is -0.144. The molecule has 1 N–H and O–H groups in total. The molecule has 1 aromatic carbocycles. The van der Waals surface area contributed by atoms with Crippen molar-refractivity contribution in [3.8, 4) is 0 Å². The Morgan fingerprint density at radius 1 is 1.32 bits per heavy atom. The van der Waals surface area contributed by atoms with Gasteiger partial charge in [-0.05, 0) is 31.0 Å². The molecule has 0 aliphatic rings. The molecule has 1 atom stereocenters. The van der Waals surface area contributed by atoms with Crippen molar-refractivity contribution in [3.63, 3.8) is 0 Å². The Kier molecular flexibility index (Phi) is 4.93. The van der Waals surface area contributed by atoms with Crippen LogP contribution in [0.2, 0.25) is 0 Å². The van der Waals surface area contributed by atoms with Gasteiger partial charge in [0.05, 0.1) is 18.7 Å². The molecule has 0 spiro atoms. The number of aryl methyl sites for hydroxylation is 1. The van der Waals surface area contributed by atoms with E-state index in [2.05, 4.69) is 10.5 Å². The number of hydrogen-bond donors (Lipinski definition) is 1. The van der Waals surface area contributed by atoms with Crippen molar-refractivity contribution >= 4 is 17.6 Å². The predicted molar refractivity (Wildman–Crippen MR) is 80.5 cm³/mol. The Morgan fingerprint density at radius 3 is 2.55 bits per heavy atom. The quantitative estimate of drug-likeness (QED) is 0.858. The van der Waals surface area contributed by atoms with Gasteiger partial charge in [-0.2, -0.15) is 0 Å². The molecular formula is C16H18N2O4. The number of carbonyl (C=O) groups excluding carboxylic acids is 2. The summed E-state index contributed by atoms with van der Waals surface area (Å²) in [6.45, 7) is 3.56. The zero-order chi connectivity index (χ0) is 16.1. The number of aromatic nitrogens is 1. The first-order valence-corrected chi connectivity index (χ1v) is 6.91. The van der Waals surface area contributed by atoms with Crippen LogP contribution in [0.25, 0.3) is 0 Å². The molecule has 6 heteroatoms. The fourth-order valence-corrected chi connectivity index (χ4v) is 2.03. The van der Waals surface area contributed by atoms with Crippen molar-refractivity contribution in [2.75, 3.05) is 12.4 Å². The predicted octanol–water partition coefficient (Wildman–Crippen LogP) is 2.59. The highest BCUT2D eigenvalue weighted by Crippen LogP contribution is 2.15. The lowest BCUT2D eigenvalue weighted by atomic mass is 10.0. The Balaban J connectivity index is 1.97. The molecule has 116 valence electrons. The third-order valence-electron chi connectivity index (χ3n) is 3.21. The molecule has 1 heterocycles. The summed E-state index contributed by atoms with van der Waals surface area (Å²) in [5, 5.41) is 6.39. The van der Waals surface area contributed by atoms with Crippen LogP contribution in [-0.4, -0.2) is 24.1 Å². The number of amides is 1. The lowest BCUT2D eigenvalue weighted by Crippen LogP contribution is -2.15. The number of nitrogens with zero attached hydrogens (tertiary/aromatic N) is 1. The van der Waals surface area contributed by atoms with Gasteiger partial charge < -0.3 is 14.6 Å². The molecule has 1 amide bonds. The van der Waals surface area contributed by atoms with Crippen LogP contribution >= 0.6 is 0 Å². The number of benzene rings is 1. The largest absolute Gasteiger partial charge is 0.469 e. The van der Waals surface area contributed by atoms with Gasteiger partial charge in [-0.15, -0.1) is 0 Å². The van der Waals surface area contributed by atoms with Gasteiger partial charge in [0.25, 0.3) is 5.91 Å². The molecule has 0 fully saturated rings. The molecule has 2 rings (SSSR count). The third-order valence-corrected chi connectivity index (χ3v) is 3.21. The summed E-state index contributed by atoms with van der Waals surface area (Å²) in [5.41, 5.74) is 2.29. The second-order valence-corrected chi connectivity index (χ2v) is 5.11. The van der Waals surface area contributed by atoms with E-state index in [1.807, 2.05) is 19.1 Å². The van der Waals surface area contributed by atoms with Crippen LogP contribution in [0.3, 0.4) is 0 Å². The number of ether oxygens (including phenoxy) is 1. The molecule has 2 aromatic rings.